The molecule has 8 heteroatoms. The Balaban J connectivity index is 2.41. The summed E-state index contributed by atoms with van der Waals surface area (Å²) in [4.78, 5) is 35.8. The molecule has 0 spiro atoms. The maximum Gasteiger partial charge on any atom is 0.329 e. The molecule has 0 aliphatic carbocycles. The van der Waals surface area contributed by atoms with Crippen molar-refractivity contribution in [3.05, 3.63) is 22.4 Å². The Bertz CT molecular complexity index is 474. The second-order valence-electron chi connectivity index (χ2n) is 4.04. The third kappa shape index (κ3) is 4.98. The third-order valence-corrected chi connectivity index (χ3v) is 3.60. The molecule has 0 saturated carbocycles. The Hall–Kier alpha value is -1.93. The standard InChI is InChI=1S/C12H16N2O5S/c1-8(9-4-3-5-20-9)14(2)12(18)13-10(15)6-19-7-11(16)17/h3-5,8H,6-7H2,1-2H3,(H,16,17)(H,13,15,18). The zero-order chi connectivity index (χ0) is 15.1. The second-order valence-corrected chi connectivity index (χ2v) is 5.02. The van der Waals surface area contributed by atoms with Gasteiger partial charge < -0.3 is 14.7 Å². The first-order valence-electron chi connectivity index (χ1n) is 5.81. The summed E-state index contributed by atoms with van der Waals surface area (Å²) >= 11 is 1.52. The molecule has 0 bridgehead atoms. The topological polar surface area (TPSA) is 95.9 Å². The first-order valence-corrected chi connectivity index (χ1v) is 6.69. The van der Waals surface area contributed by atoms with Crippen LogP contribution in [0.2, 0.25) is 0 Å². The van der Waals surface area contributed by atoms with E-state index in [0.29, 0.717) is 0 Å². The molecule has 0 fully saturated rings. The fourth-order valence-corrected chi connectivity index (χ4v) is 2.20. The van der Waals surface area contributed by atoms with Gasteiger partial charge in [0.05, 0.1) is 6.04 Å². The molecule has 110 valence electrons. The average Bonchev–Trinajstić information content (AvgIpc) is 2.90. The molecule has 0 saturated heterocycles. The number of nitrogens with one attached hydrogen (secondary N) is 1. The van der Waals surface area contributed by atoms with E-state index in [1.54, 1.807) is 7.05 Å². The molecule has 0 aliphatic heterocycles. The number of rotatable bonds is 6. The fourth-order valence-electron chi connectivity index (χ4n) is 1.37. The van der Waals surface area contributed by atoms with Gasteiger partial charge in [-0.3, -0.25) is 10.1 Å². The lowest BCUT2D eigenvalue weighted by Crippen LogP contribution is -2.43. The van der Waals surface area contributed by atoms with Crippen LogP contribution in [0.1, 0.15) is 17.8 Å². The number of carboxylic acid groups (broad SMARTS) is 1. The molecule has 0 radical (unpaired) electrons. The van der Waals surface area contributed by atoms with E-state index in [-0.39, 0.29) is 6.04 Å². The van der Waals surface area contributed by atoms with Gasteiger partial charge in [0.2, 0.25) is 0 Å². The van der Waals surface area contributed by atoms with Gasteiger partial charge in [0, 0.05) is 11.9 Å². The van der Waals surface area contributed by atoms with Crippen molar-refractivity contribution in [1.29, 1.82) is 0 Å². The van der Waals surface area contributed by atoms with E-state index in [4.69, 9.17) is 5.11 Å². The van der Waals surface area contributed by atoms with Crippen LogP contribution in [0.4, 0.5) is 4.79 Å². The Morgan fingerprint density at radius 3 is 2.70 bits per heavy atom. The van der Waals surface area contributed by atoms with Crippen molar-refractivity contribution in [2.75, 3.05) is 20.3 Å². The monoisotopic (exact) mass is 300 g/mol. The Morgan fingerprint density at radius 2 is 2.15 bits per heavy atom. The van der Waals surface area contributed by atoms with E-state index in [1.807, 2.05) is 24.4 Å². The summed E-state index contributed by atoms with van der Waals surface area (Å²) in [5, 5.41) is 12.4. The van der Waals surface area contributed by atoms with E-state index >= 15 is 0 Å². The van der Waals surface area contributed by atoms with Crippen LogP contribution in [0, 0.1) is 0 Å². The summed E-state index contributed by atoms with van der Waals surface area (Å²) in [5.41, 5.74) is 0. The maximum absolute atomic E-state index is 11.8. The number of ether oxygens (including phenoxy) is 1. The average molecular weight is 300 g/mol. The normalized spacial score (nSPS) is 11.7. The van der Waals surface area contributed by atoms with Crippen molar-refractivity contribution in [1.82, 2.24) is 10.2 Å². The van der Waals surface area contributed by atoms with Gasteiger partial charge in [-0.1, -0.05) is 6.07 Å². The highest BCUT2D eigenvalue weighted by Crippen LogP contribution is 2.23. The molecule has 2 N–H and O–H groups in total. The summed E-state index contributed by atoms with van der Waals surface area (Å²) in [6.07, 6.45) is 0. The largest absolute Gasteiger partial charge is 0.480 e. The molecular weight excluding hydrogens is 284 g/mol. The smallest absolute Gasteiger partial charge is 0.329 e. The molecule has 1 heterocycles. The molecule has 20 heavy (non-hydrogen) atoms. The van der Waals surface area contributed by atoms with Crippen LogP contribution in [0.5, 0.6) is 0 Å². The Labute approximate surface area is 120 Å². The van der Waals surface area contributed by atoms with E-state index in [1.165, 1.54) is 16.2 Å². The maximum atomic E-state index is 11.8. The van der Waals surface area contributed by atoms with Gasteiger partial charge in [0.25, 0.3) is 5.91 Å². The van der Waals surface area contributed by atoms with Crippen molar-refractivity contribution in [2.45, 2.75) is 13.0 Å². The lowest BCUT2D eigenvalue weighted by Gasteiger charge is -2.23. The molecule has 3 amide bonds. The van der Waals surface area contributed by atoms with Gasteiger partial charge in [0.1, 0.15) is 13.2 Å². The number of amides is 3. The summed E-state index contributed by atoms with van der Waals surface area (Å²) in [6.45, 7) is 0.791. The van der Waals surface area contributed by atoms with E-state index < -0.39 is 31.1 Å². The lowest BCUT2D eigenvalue weighted by molar-refractivity contribution is -0.143. The molecule has 1 aromatic heterocycles. The van der Waals surface area contributed by atoms with Gasteiger partial charge in [0.15, 0.2) is 0 Å². The molecule has 0 aromatic carbocycles. The van der Waals surface area contributed by atoms with Crippen LogP contribution >= 0.6 is 11.3 Å². The molecular formula is C12H16N2O5S. The zero-order valence-corrected chi connectivity index (χ0v) is 12.0. The van der Waals surface area contributed by atoms with E-state index in [2.05, 4.69) is 10.1 Å². The number of imide groups is 1. The minimum atomic E-state index is -1.17. The first kappa shape index (κ1) is 16.1. The molecule has 0 aliphatic rings. The minimum absolute atomic E-state index is 0.164. The number of hydrogen-bond acceptors (Lipinski definition) is 5. The van der Waals surface area contributed by atoms with Crippen LogP contribution in [0.3, 0.4) is 0 Å². The van der Waals surface area contributed by atoms with E-state index in [9.17, 15) is 14.4 Å². The number of carboxylic acids is 1. The zero-order valence-electron chi connectivity index (χ0n) is 11.2. The highest BCUT2D eigenvalue weighted by molar-refractivity contribution is 7.10. The second kappa shape index (κ2) is 7.61. The number of thiophene rings is 1. The van der Waals surface area contributed by atoms with Gasteiger partial charge in [-0.15, -0.1) is 11.3 Å². The lowest BCUT2D eigenvalue weighted by atomic mass is 10.2. The van der Waals surface area contributed by atoms with E-state index in [0.717, 1.165) is 4.88 Å². The third-order valence-electron chi connectivity index (χ3n) is 2.56. The van der Waals surface area contributed by atoms with Crippen LogP contribution in [0.25, 0.3) is 0 Å². The van der Waals surface area contributed by atoms with Crippen molar-refractivity contribution in [3.8, 4) is 0 Å². The predicted octanol–water partition coefficient (Wildman–Crippen LogP) is 1.08. The summed E-state index contributed by atoms with van der Waals surface area (Å²) in [7, 11) is 1.57. The summed E-state index contributed by atoms with van der Waals surface area (Å²) < 4.78 is 4.59. The Kier molecular flexibility index (Phi) is 6.13. The predicted molar refractivity (Wildman–Crippen MR) is 72.5 cm³/mol. The number of nitrogens with zero attached hydrogens (tertiary/aromatic N) is 1. The summed E-state index contributed by atoms with van der Waals surface area (Å²) in [6, 6.07) is 3.06. The Morgan fingerprint density at radius 1 is 1.45 bits per heavy atom. The molecule has 7 nitrogen and oxygen atoms in total. The fraction of sp³-hybridized carbons (Fsp3) is 0.417. The number of urea groups is 1. The quantitative estimate of drug-likeness (QED) is 0.819. The van der Waals surface area contributed by atoms with Crippen molar-refractivity contribution >= 4 is 29.2 Å². The van der Waals surface area contributed by atoms with Crippen LogP contribution < -0.4 is 5.32 Å². The highest BCUT2D eigenvalue weighted by Gasteiger charge is 2.19. The van der Waals surface area contributed by atoms with Gasteiger partial charge in [-0.25, -0.2) is 9.59 Å². The number of carbonyl (C=O) groups is 3. The van der Waals surface area contributed by atoms with Gasteiger partial charge >= 0.3 is 12.0 Å². The van der Waals surface area contributed by atoms with Crippen LogP contribution in [0.15, 0.2) is 17.5 Å². The van der Waals surface area contributed by atoms with Crippen LogP contribution in [-0.4, -0.2) is 48.2 Å². The highest BCUT2D eigenvalue weighted by atomic mass is 32.1. The van der Waals surface area contributed by atoms with Crippen LogP contribution in [-0.2, 0) is 14.3 Å². The van der Waals surface area contributed by atoms with Crippen molar-refractivity contribution in [2.24, 2.45) is 0 Å². The number of carbonyl (C=O) groups excluding carboxylic acids is 2. The SMILES string of the molecule is CC(c1cccs1)N(C)C(=O)NC(=O)COCC(=O)O. The van der Waals surface area contributed by atoms with Crippen molar-refractivity contribution in [3.63, 3.8) is 0 Å². The molecule has 1 rings (SSSR count). The molecule has 1 aromatic rings. The van der Waals surface area contributed by atoms with Gasteiger partial charge in [-0.2, -0.15) is 0 Å². The summed E-state index contributed by atoms with van der Waals surface area (Å²) in [5.74, 6) is -1.85. The molecule has 1 atom stereocenters. The number of aliphatic carboxylic acids is 1. The number of hydrogen-bond donors (Lipinski definition) is 2. The first-order chi connectivity index (χ1) is 9.41. The minimum Gasteiger partial charge on any atom is -0.480 e. The molecule has 1 unspecified atom stereocenters. The van der Waals surface area contributed by atoms with Crippen molar-refractivity contribution < 1.29 is 24.2 Å². The van der Waals surface area contributed by atoms with Gasteiger partial charge in [-0.05, 0) is 18.4 Å².